The first-order chi connectivity index (χ1) is 64.0. The van der Waals surface area contributed by atoms with E-state index in [2.05, 4.69) is 79.1 Å². The molecule has 5 aliphatic heterocycles. The lowest BCUT2D eigenvalue weighted by molar-refractivity contribution is -0.159. The van der Waals surface area contributed by atoms with E-state index in [1.54, 1.807) is 0 Å². The summed E-state index contributed by atoms with van der Waals surface area (Å²) in [6.07, 6.45) is -0.183. The molecule has 5 aliphatic rings. The van der Waals surface area contributed by atoms with E-state index in [1.807, 2.05) is 0 Å². The van der Waals surface area contributed by atoms with Gasteiger partial charge in [0.05, 0.1) is 12.9 Å². The van der Waals surface area contributed by atoms with Crippen molar-refractivity contribution in [2.45, 2.75) is 226 Å². The number of aromatic amines is 1. The Morgan fingerprint density at radius 3 is 1.37 bits per heavy atom. The molecule has 0 radical (unpaired) electrons. The minimum Gasteiger partial charge on any atom is -0.508 e. The van der Waals surface area contributed by atoms with Crippen LogP contribution in [0, 0.1) is 5.41 Å². The van der Waals surface area contributed by atoms with Crippen molar-refractivity contribution >= 4 is 122 Å². The molecule has 2 bridgehead atoms. The number of aromatic nitrogens is 2. The topological polar surface area (TPSA) is 680 Å². The molecule has 2 unspecified atom stereocenters. The average Bonchev–Trinajstić information content (AvgIpc) is 1.64. The molecule has 0 aliphatic carbocycles. The van der Waals surface area contributed by atoms with E-state index in [0.717, 1.165) is 26.5 Å². The molecule has 6 heterocycles. The maximum absolute atomic E-state index is 15.9. The molecule has 46 heteroatoms. The highest BCUT2D eigenvalue weighted by atomic mass is 33.1. The highest BCUT2D eigenvalue weighted by molar-refractivity contribution is 8.76. The van der Waals surface area contributed by atoms with Gasteiger partial charge < -0.3 is 136 Å². The number of carbonyl (C=O) groups excluding carboxylic acids is 16. The number of esters is 1. The number of aromatic hydroxyl groups is 4. The second kappa shape index (κ2) is 49.4. The molecular formula is C88H118N22O22S2. The molecule has 134 heavy (non-hydrogen) atoms. The van der Waals surface area contributed by atoms with Crippen molar-refractivity contribution in [3.63, 3.8) is 0 Å². The van der Waals surface area contributed by atoms with E-state index in [1.165, 1.54) is 140 Å². The largest absolute Gasteiger partial charge is 0.508 e. The lowest BCUT2D eigenvalue weighted by Gasteiger charge is -2.34. The number of phenols is 4. The van der Waals surface area contributed by atoms with Gasteiger partial charge in [-0.15, -0.1) is 0 Å². The molecule has 0 saturated carbocycles. The number of H-pyrrole nitrogens is 1. The molecule has 1 aromatic heterocycles. The minimum atomic E-state index is -1.93. The number of unbranched alkanes of at least 4 members (excludes halogenated alkanes) is 1. The molecule has 10 rings (SSSR count). The van der Waals surface area contributed by atoms with E-state index >= 15 is 47.9 Å². The molecule has 0 spiro atoms. The number of imidazole rings is 1. The zero-order valence-corrected chi connectivity index (χ0v) is 75.8. The third-order valence-corrected chi connectivity index (χ3v) is 25.8. The van der Waals surface area contributed by atoms with Crippen LogP contribution in [0.25, 0.3) is 0 Å². The van der Waals surface area contributed by atoms with E-state index < -0.39 is 241 Å². The maximum atomic E-state index is 15.9. The first kappa shape index (κ1) is 103. The van der Waals surface area contributed by atoms with Crippen LogP contribution in [-0.2, 0) is 114 Å². The monoisotopic (exact) mass is 1900 g/mol. The van der Waals surface area contributed by atoms with Crippen molar-refractivity contribution < 1.29 is 107 Å². The van der Waals surface area contributed by atoms with Crippen LogP contribution in [-0.4, -0.2) is 304 Å². The number of nitrogens with two attached hydrogens (primary N) is 3. The zero-order valence-electron chi connectivity index (χ0n) is 74.2. The fraction of sp³-hybridized carbons (Fsp3) is 0.500. The van der Waals surface area contributed by atoms with Crippen molar-refractivity contribution in [1.82, 2.24) is 93.8 Å². The number of fused-ring (bicyclic) bond motifs is 8. The van der Waals surface area contributed by atoms with Crippen LogP contribution in [0.4, 0.5) is 0 Å². The fourth-order valence-corrected chi connectivity index (χ4v) is 18.4. The summed E-state index contributed by atoms with van der Waals surface area (Å²) in [5, 5.41) is 94.5. The molecule has 724 valence electrons. The highest BCUT2D eigenvalue weighted by Gasteiger charge is 2.47. The smallest absolute Gasteiger partial charge is 0.329 e. The van der Waals surface area contributed by atoms with Gasteiger partial charge in [0.15, 0.2) is 12.1 Å². The normalized spacial score (nSPS) is 26.5. The number of aliphatic hydroxyl groups is 1. The minimum absolute atomic E-state index is 0.00870. The lowest BCUT2D eigenvalue weighted by Crippen LogP contribution is -2.63. The fourth-order valence-electron chi connectivity index (χ4n) is 16.1. The standard InChI is InChI=1S/C88H118N22O22S2/c1-46(90)71-83(127)98-58(11-6-32-94-88(91)92)73(117)100-60(36-49-15-23-54(112)24-16-49)76(120)106-66-44-134-133-43-65(79(123)104-64(42-111)77(121)97-48(3)84(128)108-33-7-13-68(108)81(125)107-71)105-72(116)47(2)96-74(118)62(40-53-41-93-45-95-53)101-75(119)61(37-50-17-25-55(113)26-18-50)102-80(124)67-12-8-34-109(67)86(130)69-14-9-35-110(69)85(129)59(10-4-5-31-89)99-82(126)70(39-52-21-29-57(115)30-22-52)132-87(131)63(103-78(66)122)38-51-19-27-56(114)28-20-51/h15-30,41,45-48,58-71,111-115H,4-14,31-40,42-44,89-90H2,1-3H3,(H,93,95)(H,96,118)(H,97,121)(H,98,127)(H,99,126)(H,100,117)(H,101,119)(H,102,124)(H,103,122)(H,104,123)(H,105,116)(H,106,120)(H,107,125)(H4,91,92,94)/t46?,47-,48-,58-,59-,60-,61-,62-,63-,64-,65-,66-,67-,68+,69+,70-,71?/m0/s1. The average molecular weight is 1900 g/mol. The summed E-state index contributed by atoms with van der Waals surface area (Å²) >= 11 is 0. The second-order valence-electron chi connectivity index (χ2n) is 33.6. The molecular weight excluding hydrogens is 1780 g/mol. The van der Waals surface area contributed by atoms with Crippen molar-refractivity contribution in [1.29, 1.82) is 5.41 Å². The van der Waals surface area contributed by atoms with E-state index in [4.69, 9.17) is 27.3 Å². The number of carbonyl (C=O) groups is 16. The summed E-state index contributed by atoms with van der Waals surface area (Å²) in [7, 11) is 1.46. The summed E-state index contributed by atoms with van der Waals surface area (Å²) < 4.78 is 6.23. The van der Waals surface area contributed by atoms with Crippen LogP contribution in [0.3, 0.4) is 0 Å². The van der Waals surface area contributed by atoms with Crippen LogP contribution < -0.4 is 86.3 Å². The Labute approximate surface area is 779 Å². The van der Waals surface area contributed by atoms with Crippen LogP contribution >= 0.6 is 21.6 Å². The van der Waals surface area contributed by atoms with Gasteiger partial charge in [0.2, 0.25) is 82.7 Å². The summed E-state index contributed by atoms with van der Waals surface area (Å²) in [6.45, 7) is 2.73. The molecule has 5 fully saturated rings. The van der Waals surface area contributed by atoms with Gasteiger partial charge in [0, 0.05) is 87.7 Å². The van der Waals surface area contributed by atoms with Gasteiger partial charge in [-0.25, -0.2) is 9.78 Å². The molecule has 5 saturated heterocycles. The van der Waals surface area contributed by atoms with Gasteiger partial charge in [-0.2, -0.15) is 0 Å². The summed E-state index contributed by atoms with van der Waals surface area (Å²) in [4.78, 5) is 252. The summed E-state index contributed by atoms with van der Waals surface area (Å²) in [5.41, 5.74) is 19.5. The molecule has 44 nitrogen and oxygen atoms in total. The third-order valence-electron chi connectivity index (χ3n) is 23.4. The number of nitrogens with zero attached hydrogens (tertiary/aromatic N) is 4. The molecule has 5 aromatic rings. The Kier molecular flexibility index (Phi) is 37.9. The molecule has 15 amide bonds. The number of phenolic OH excluding ortho intramolecular Hbond substituents is 4. The number of hydrogen-bond donors (Lipinski definition) is 23. The Morgan fingerprint density at radius 2 is 0.866 bits per heavy atom. The van der Waals surface area contributed by atoms with Crippen LogP contribution in [0.5, 0.6) is 23.0 Å². The quantitative estimate of drug-likeness (QED) is 0.0115. The molecule has 17 atom stereocenters. The predicted molar refractivity (Wildman–Crippen MR) is 486 cm³/mol. The number of benzene rings is 4. The number of aliphatic hydroxyl groups excluding tert-OH is 1. The number of rotatable bonds is 20. The van der Waals surface area contributed by atoms with Crippen molar-refractivity contribution in [3.8, 4) is 23.0 Å². The second-order valence-corrected chi connectivity index (χ2v) is 36.2. The number of ether oxygens (including phenoxy) is 1. The van der Waals surface area contributed by atoms with Gasteiger partial charge in [-0.05, 0) is 169 Å². The molecule has 26 N–H and O–H groups in total. The number of hydrogen-bond acceptors (Lipinski definition) is 28. The lowest BCUT2D eigenvalue weighted by atomic mass is 10.0. The Bertz CT molecular complexity index is 4990. The van der Waals surface area contributed by atoms with E-state index in [-0.39, 0.29) is 155 Å². The van der Waals surface area contributed by atoms with Gasteiger partial charge in [-0.3, -0.25) is 77.3 Å². The van der Waals surface area contributed by atoms with Gasteiger partial charge in [0.25, 0.3) is 5.91 Å². The van der Waals surface area contributed by atoms with Crippen molar-refractivity contribution in [2.24, 2.45) is 17.2 Å². The van der Waals surface area contributed by atoms with Gasteiger partial charge in [-0.1, -0.05) is 70.1 Å². The number of cyclic esters (lactones) is 1. The van der Waals surface area contributed by atoms with Crippen LogP contribution in [0.15, 0.2) is 110 Å². The number of guanidine groups is 1. The third kappa shape index (κ3) is 29.3. The Balaban J connectivity index is 1.09. The summed E-state index contributed by atoms with van der Waals surface area (Å²) in [5.74, 6) is -18.7. The SMILES string of the molecule is CC(N)C1NC(=O)[C@H]2CCCN2C(=O)[C@H](C)NC(=O)[C@H](CO)NC(=O)[C@@H]2CSSC[C@H](NC(=O)[C@H](Cc3ccc(O)cc3)NC(=O)[C@H](CCCNC(=N)N)NC1=O)C(=O)N[C@@H](Cc1ccc(O)cc1)C(=O)O[C@@H](Cc1ccc(O)cc1)C(=O)N[C@@H](CCCCN)C(=O)N1CCC[C@@H]1C(=O)N1CCC[C@H]1C(=O)N[C@@H](Cc1ccc(O)cc1)C(=O)N[C@@H](Cc1cnc[nH]1)C(=O)N[C@@H](C)C(=O)N2. The first-order valence-electron chi connectivity index (χ1n) is 44.3. The number of nitrogens with one attached hydrogen (secondary N) is 15. The van der Waals surface area contributed by atoms with Gasteiger partial charge >= 0.3 is 5.97 Å². The number of amides is 15. The van der Waals surface area contributed by atoms with Crippen LogP contribution in [0.1, 0.15) is 119 Å². The van der Waals surface area contributed by atoms with Gasteiger partial charge in [0.1, 0.15) is 114 Å². The summed E-state index contributed by atoms with van der Waals surface area (Å²) in [6, 6.07) is -3.75. The maximum Gasteiger partial charge on any atom is 0.329 e. The predicted octanol–water partition coefficient (Wildman–Crippen LogP) is -4.37. The van der Waals surface area contributed by atoms with E-state index in [9.17, 15) is 54.3 Å². The molecule has 4 aromatic carbocycles. The Morgan fingerprint density at radius 1 is 0.455 bits per heavy atom. The Hall–Kier alpha value is -13.3. The highest BCUT2D eigenvalue weighted by Crippen LogP contribution is 2.30. The van der Waals surface area contributed by atoms with E-state index in [0.29, 0.717) is 12.0 Å². The van der Waals surface area contributed by atoms with Crippen molar-refractivity contribution in [2.75, 3.05) is 50.8 Å². The first-order valence-corrected chi connectivity index (χ1v) is 46.8. The van der Waals surface area contributed by atoms with Crippen LogP contribution in [0.2, 0.25) is 0 Å². The van der Waals surface area contributed by atoms with Crippen molar-refractivity contribution in [3.05, 3.63) is 138 Å². The zero-order chi connectivity index (χ0) is 97.0.